The molecule has 106 valence electrons. The van der Waals surface area contributed by atoms with Crippen LogP contribution < -0.4 is 16.4 Å². The lowest BCUT2D eigenvalue weighted by atomic mass is 9.93. The van der Waals surface area contributed by atoms with E-state index in [9.17, 15) is 4.79 Å². The molecule has 5 nitrogen and oxygen atoms in total. The molecule has 0 saturated heterocycles. The van der Waals surface area contributed by atoms with Crippen LogP contribution in [0.3, 0.4) is 0 Å². The Morgan fingerprint density at radius 3 is 2.32 bits per heavy atom. The Morgan fingerprint density at radius 1 is 1.32 bits per heavy atom. The number of aromatic nitrogens is 1. The zero-order valence-corrected chi connectivity index (χ0v) is 12.7. The van der Waals surface area contributed by atoms with Crippen LogP contribution in [0.4, 0.5) is 11.6 Å². The van der Waals surface area contributed by atoms with Crippen molar-refractivity contribution in [3.63, 3.8) is 0 Å². The molecule has 0 spiro atoms. The van der Waals surface area contributed by atoms with Gasteiger partial charge < -0.3 is 16.4 Å². The molecule has 0 saturated carbocycles. The number of nitrogens with one attached hydrogen (secondary N) is 2. The van der Waals surface area contributed by atoms with Gasteiger partial charge in [0.05, 0.1) is 15.5 Å². The number of nitrogens with two attached hydrogens (primary N) is 1. The lowest BCUT2D eigenvalue weighted by Gasteiger charge is -2.21. The van der Waals surface area contributed by atoms with Crippen LogP contribution in [-0.4, -0.2) is 24.0 Å². The van der Waals surface area contributed by atoms with E-state index < -0.39 is 11.3 Å². The first-order valence-corrected chi connectivity index (χ1v) is 6.67. The molecular formula is C12H18Cl2N4O. The van der Waals surface area contributed by atoms with Crippen molar-refractivity contribution in [2.24, 2.45) is 11.1 Å². The molecular weight excluding hydrogens is 287 g/mol. The standard InChI is InChI=1S/C12H18Cl2N4O/c1-4-16-9-7(13)5-8(14)10(18-9)17-6-12(2,3)11(15)19/h5H,4,6H2,1-3H3,(H2,15,19)(H2,16,17,18). The Kier molecular flexibility index (Phi) is 5.26. The van der Waals surface area contributed by atoms with Crippen molar-refractivity contribution < 1.29 is 4.79 Å². The number of pyridine rings is 1. The fourth-order valence-electron chi connectivity index (χ4n) is 1.27. The summed E-state index contributed by atoms with van der Waals surface area (Å²) in [4.78, 5) is 15.5. The molecule has 0 fully saturated rings. The van der Waals surface area contributed by atoms with Crippen LogP contribution >= 0.6 is 23.2 Å². The zero-order chi connectivity index (χ0) is 14.6. The quantitative estimate of drug-likeness (QED) is 0.755. The first-order chi connectivity index (χ1) is 8.77. The SMILES string of the molecule is CCNc1nc(NCC(C)(C)C(N)=O)c(Cl)cc1Cl. The highest BCUT2D eigenvalue weighted by atomic mass is 35.5. The number of halogens is 2. The van der Waals surface area contributed by atoms with Gasteiger partial charge in [-0.05, 0) is 26.8 Å². The van der Waals surface area contributed by atoms with Crippen molar-refractivity contribution in [1.29, 1.82) is 0 Å². The van der Waals surface area contributed by atoms with E-state index in [0.717, 1.165) is 0 Å². The molecule has 1 rings (SSSR count). The third-order valence-electron chi connectivity index (χ3n) is 2.64. The van der Waals surface area contributed by atoms with Gasteiger partial charge in [-0.25, -0.2) is 4.98 Å². The number of nitrogens with zero attached hydrogens (tertiary/aromatic N) is 1. The molecule has 0 bridgehead atoms. The number of amides is 1. The van der Waals surface area contributed by atoms with Gasteiger partial charge in [-0.2, -0.15) is 0 Å². The van der Waals surface area contributed by atoms with E-state index in [2.05, 4.69) is 15.6 Å². The lowest BCUT2D eigenvalue weighted by molar-refractivity contribution is -0.125. The zero-order valence-electron chi connectivity index (χ0n) is 11.2. The lowest BCUT2D eigenvalue weighted by Crippen LogP contribution is -2.37. The average molecular weight is 305 g/mol. The topological polar surface area (TPSA) is 80.0 Å². The molecule has 0 atom stereocenters. The van der Waals surface area contributed by atoms with Crippen molar-refractivity contribution in [2.45, 2.75) is 20.8 Å². The largest absolute Gasteiger partial charge is 0.369 e. The molecule has 4 N–H and O–H groups in total. The van der Waals surface area contributed by atoms with Crippen LogP contribution in [0.1, 0.15) is 20.8 Å². The van der Waals surface area contributed by atoms with E-state index in [1.54, 1.807) is 19.9 Å². The van der Waals surface area contributed by atoms with Crippen molar-refractivity contribution in [2.75, 3.05) is 23.7 Å². The number of rotatable bonds is 6. The molecule has 0 radical (unpaired) electrons. The van der Waals surface area contributed by atoms with Gasteiger partial charge in [0.25, 0.3) is 0 Å². The summed E-state index contributed by atoms with van der Waals surface area (Å²) in [6.07, 6.45) is 0. The Bertz CT molecular complexity index is 477. The minimum absolute atomic E-state index is 0.336. The summed E-state index contributed by atoms with van der Waals surface area (Å²) in [6, 6.07) is 1.60. The number of hydrogen-bond donors (Lipinski definition) is 3. The summed E-state index contributed by atoms with van der Waals surface area (Å²) < 4.78 is 0. The normalized spacial score (nSPS) is 11.2. The predicted octanol–water partition coefficient (Wildman–Crippen LogP) is 2.74. The summed E-state index contributed by atoms with van der Waals surface area (Å²) in [5.41, 5.74) is 4.62. The highest BCUT2D eigenvalue weighted by molar-refractivity contribution is 6.37. The first kappa shape index (κ1) is 15.9. The molecule has 0 unspecified atom stereocenters. The second-order valence-corrected chi connectivity index (χ2v) is 5.60. The predicted molar refractivity (Wildman–Crippen MR) is 79.9 cm³/mol. The fourth-order valence-corrected chi connectivity index (χ4v) is 1.77. The second kappa shape index (κ2) is 6.30. The highest BCUT2D eigenvalue weighted by Crippen LogP contribution is 2.29. The summed E-state index contributed by atoms with van der Waals surface area (Å²) in [5.74, 6) is 0.626. The van der Waals surface area contributed by atoms with Gasteiger partial charge in [-0.3, -0.25) is 4.79 Å². The Hall–Kier alpha value is -1.20. The molecule has 0 aliphatic rings. The van der Waals surface area contributed by atoms with Gasteiger partial charge in [-0.15, -0.1) is 0 Å². The fraction of sp³-hybridized carbons (Fsp3) is 0.500. The third kappa shape index (κ3) is 4.14. The number of primary amides is 1. The van der Waals surface area contributed by atoms with E-state index in [0.29, 0.717) is 34.8 Å². The number of anilines is 2. The van der Waals surface area contributed by atoms with Crippen molar-refractivity contribution >= 4 is 40.7 Å². The van der Waals surface area contributed by atoms with Gasteiger partial charge in [0.1, 0.15) is 11.6 Å². The van der Waals surface area contributed by atoms with Crippen LogP contribution in [0, 0.1) is 5.41 Å². The Balaban J connectivity index is 2.89. The van der Waals surface area contributed by atoms with Crippen molar-refractivity contribution in [3.8, 4) is 0 Å². The molecule has 0 aliphatic heterocycles. The molecule has 1 aromatic rings. The number of hydrogen-bond acceptors (Lipinski definition) is 4. The Morgan fingerprint density at radius 2 is 1.84 bits per heavy atom. The smallest absolute Gasteiger partial charge is 0.224 e. The summed E-state index contributed by atoms with van der Waals surface area (Å²) in [5, 5.41) is 6.89. The van der Waals surface area contributed by atoms with Gasteiger partial charge in [-0.1, -0.05) is 23.2 Å². The summed E-state index contributed by atoms with van der Waals surface area (Å²) >= 11 is 12.1. The molecule has 0 aromatic carbocycles. The summed E-state index contributed by atoms with van der Waals surface area (Å²) in [6.45, 7) is 6.47. The van der Waals surface area contributed by atoms with Gasteiger partial charge in [0.15, 0.2) is 0 Å². The Labute approximate surface area is 122 Å². The van der Waals surface area contributed by atoms with Crippen molar-refractivity contribution in [1.82, 2.24) is 4.98 Å². The number of carbonyl (C=O) groups is 1. The molecule has 7 heteroatoms. The molecule has 1 amide bonds. The van der Waals surface area contributed by atoms with Gasteiger partial charge in [0, 0.05) is 13.1 Å². The minimum Gasteiger partial charge on any atom is -0.369 e. The van der Waals surface area contributed by atoms with Gasteiger partial charge in [0.2, 0.25) is 5.91 Å². The van der Waals surface area contributed by atoms with E-state index in [1.807, 2.05) is 6.92 Å². The molecule has 0 aliphatic carbocycles. The maximum absolute atomic E-state index is 11.2. The molecule has 1 aromatic heterocycles. The van der Waals surface area contributed by atoms with Crippen LogP contribution in [0.15, 0.2) is 6.07 Å². The monoisotopic (exact) mass is 304 g/mol. The van der Waals surface area contributed by atoms with Crippen LogP contribution in [0.2, 0.25) is 10.0 Å². The van der Waals surface area contributed by atoms with E-state index >= 15 is 0 Å². The van der Waals surface area contributed by atoms with Crippen LogP contribution in [0.25, 0.3) is 0 Å². The molecule has 19 heavy (non-hydrogen) atoms. The highest BCUT2D eigenvalue weighted by Gasteiger charge is 2.25. The maximum Gasteiger partial charge on any atom is 0.224 e. The van der Waals surface area contributed by atoms with Gasteiger partial charge >= 0.3 is 0 Å². The van der Waals surface area contributed by atoms with E-state index in [1.165, 1.54) is 0 Å². The molecule has 1 heterocycles. The van der Waals surface area contributed by atoms with E-state index in [-0.39, 0.29) is 0 Å². The first-order valence-electron chi connectivity index (χ1n) is 5.91. The van der Waals surface area contributed by atoms with Crippen LogP contribution in [0.5, 0.6) is 0 Å². The third-order valence-corrected chi connectivity index (χ3v) is 3.21. The second-order valence-electron chi connectivity index (χ2n) is 4.78. The van der Waals surface area contributed by atoms with E-state index in [4.69, 9.17) is 28.9 Å². The summed E-state index contributed by atoms with van der Waals surface area (Å²) in [7, 11) is 0. The van der Waals surface area contributed by atoms with Crippen LogP contribution in [-0.2, 0) is 4.79 Å². The van der Waals surface area contributed by atoms with Crippen molar-refractivity contribution in [3.05, 3.63) is 16.1 Å². The minimum atomic E-state index is -0.691. The average Bonchev–Trinajstić information content (AvgIpc) is 2.31. The maximum atomic E-state index is 11.2. The number of carbonyl (C=O) groups excluding carboxylic acids is 1.